The quantitative estimate of drug-likeness (QED) is 0.704. The number of fused-ring (bicyclic) bond motifs is 2. The number of benzene rings is 1. The Bertz CT molecular complexity index is 397. The maximum Gasteiger partial charge on any atom is 0.0239 e. The SMILES string of the molecule is C=CCCC1C[C@@H]2CC[C@H]1N2Cc1ccccc1. The van der Waals surface area contributed by atoms with Gasteiger partial charge in [0, 0.05) is 18.6 Å². The molecule has 1 unspecified atom stereocenters. The van der Waals surface area contributed by atoms with Crippen LogP contribution in [-0.2, 0) is 6.54 Å². The minimum absolute atomic E-state index is 0.843. The molecule has 0 radical (unpaired) electrons. The predicted octanol–water partition coefficient (Wildman–Crippen LogP) is 4.01. The topological polar surface area (TPSA) is 3.24 Å². The van der Waals surface area contributed by atoms with Gasteiger partial charge in [-0.1, -0.05) is 36.4 Å². The molecule has 0 saturated carbocycles. The lowest BCUT2D eigenvalue weighted by molar-refractivity contribution is 0.225. The summed E-state index contributed by atoms with van der Waals surface area (Å²) in [6, 6.07) is 12.6. The first-order valence-electron chi connectivity index (χ1n) is 7.29. The van der Waals surface area contributed by atoms with Crippen LogP contribution >= 0.6 is 0 Å². The molecule has 1 heteroatoms. The van der Waals surface area contributed by atoms with E-state index in [0.717, 1.165) is 24.5 Å². The number of allylic oxidation sites excluding steroid dienone is 1. The van der Waals surface area contributed by atoms with E-state index < -0.39 is 0 Å². The molecule has 1 aromatic rings. The van der Waals surface area contributed by atoms with E-state index >= 15 is 0 Å². The zero-order valence-electron chi connectivity index (χ0n) is 11.1. The summed E-state index contributed by atoms with van der Waals surface area (Å²) in [4.78, 5) is 2.77. The summed E-state index contributed by atoms with van der Waals surface area (Å²) in [6.45, 7) is 5.01. The molecule has 2 bridgehead atoms. The summed E-state index contributed by atoms with van der Waals surface area (Å²) in [5, 5.41) is 0. The van der Waals surface area contributed by atoms with Crippen LogP contribution in [0.1, 0.15) is 37.7 Å². The Morgan fingerprint density at radius 2 is 2.06 bits per heavy atom. The Morgan fingerprint density at radius 3 is 2.83 bits per heavy atom. The summed E-state index contributed by atoms with van der Waals surface area (Å²) in [5.41, 5.74) is 1.47. The first-order chi connectivity index (χ1) is 8.88. The second-order valence-corrected chi connectivity index (χ2v) is 5.82. The highest BCUT2D eigenvalue weighted by Gasteiger charge is 2.45. The van der Waals surface area contributed by atoms with Crippen LogP contribution in [0.25, 0.3) is 0 Å². The van der Waals surface area contributed by atoms with E-state index in [-0.39, 0.29) is 0 Å². The number of nitrogens with zero attached hydrogens (tertiary/aromatic N) is 1. The summed E-state index contributed by atoms with van der Waals surface area (Å²) in [5.74, 6) is 0.922. The highest BCUT2D eigenvalue weighted by Crippen LogP contribution is 2.44. The molecule has 0 spiro atoms. The van der Waals surface area contributed by atoms with Gasteiger partial charge in [0.05, 0.1) is 0 Å². The Kier molecular flexibility index (Phi) is 3.51. The fourth-order valence-electron chi connectivity index (χ4n) is 3.91. The van der Waals surface area contributed by atoms with Crippen molar-refractivity contribution in [1.82, 2.24) is 4.90 Å². The molecule has 2 saturated heterocycles. The van der Waals surface area contributed by atoms with Crippen LogP contribution in [0.3, 0.4) is 0 Å². The second-order valence-electron chi connectivity index (χ2n) is 5.82. The lowest BCUT2D eigenvalue weighted by atomic mass is 9.86. The maximum atomic E-state index is 3.86. The molecule has 2 fully saturated rings. The number of rotatable bonds is 5. The van der Waals surface area contributed by atoms with E-state index in [9.17, 15) is 0 Å². The van der Waals surface area contributed by atoms with E-state index in [1.807, 2.05) is 0 Å². The zero-order valence-corrected chi connectivity index (χ0v) is 11.1. The van der Waals surface area contributed by atoms with Crippen molar-refractivity contribution in [3.8, 4) is 0 Å². The normalized spacial score (nSPS) is 30.8. The number of hydrogen-bond acceptors (Lipinski definition) is 1. The molecule has 0 amide bonds. The summed E-state index contributed by atoms with van der Waals surface area (Å²) >= 11 is 0. The van der Waals surface area contributed by atoms with Crippen molar-refractivity contribution >= 4 is 0 Å². The number of hydrogen-bond donors (Lipinski definition) is 0. The van der Waals surface area contributed by atoms with Crippen molar-refractivity contribution in [2.24, 2.45) is 5.92 Å². The monoisotopic (exact) mass is 241 g/mol. The van der Waals surface area contributed by atoms with Crippen molar-refractivity contribution in [3.63, 3.8) is 0 Å². The van der Waals surface area contributed by atoms with Gasteiger partial charge in [-0.2, -0.15) is 0 Å². The van der Waals surface area contributed by atoms with E-state index in [1.54, 1.807) is 0 Å². The highest BCUT2D eigenvalue weighted by molar-refractivity contribution is 5.16. The van der Waals surface area contributed by atoms with Gasteiger partial charge in [-0.3, -0.25) is 4.90 Å². The first-order valence-corrected chi connectivity index (χ1v) is 7.29. The second kappa shape index (κ2) is 5.27. The summed E-state index contributed by atoms with van der Waals surface area (Å²) < 4.78 is 0. The Balaban J connectivity index is 1.65. The van der Waals surface area contributed by atoms with E-state index in [0.29, 0.717) is 0 Å². The lowest BCUT2D eigenvalue weighted by Gasteiger charge is -2.24. The Morgan fingerprint density at radius 1 is 1.22 bits per heavy atom. The average Bonchev–Trinajstić information content (AvgIpc) is 2.94. The van der Waals surface area contributed by atoms with E-state index in [4.69, 9.17) is 0 Å². The first kappa shape index (κ1) is 12.0. The smallest absolute Gasteiger partial charge is 0.0239 e. The molecule has 18 heavy (non-hydrogen) atoms. The molecule has 3 atom stereocenters. The van der Waals surface area contributed by atoms with Crippen LogP contribution in [0.4, 0.5) is 0 Å². The van der Waals surface area contributed by atoms with Crippen LogP contribution in [0.5, 0.6) is 0 Å². The molecule has 0 aliphatic carbocycles. The Labute approximate surface area is 111 Å². The van der Waals surface area contributed by atoms with Gasteiger partial charge < -0.3 is 0 Å². The van der Waals surface area contributed by atoms with E-state index in [1.165, 1.54) is 37.7 Å². The van der Waals surface area contributed by atoms with Crippen LogP contribution in [0.15, 0.2) is 43.0 Å². The standard InChI is InChI=1S/C17H23N/c1-2-3-9-15-12-16-10-11-17(15)18(16)13-14-7-5-4-6-8-14/h2,4-8,15-17H,1,3,9-13H2/t15?,16-,17+/m0/s1. The van der Waals surface area contributed by atoms with Crippen molar-refractivity contribution in [3.05, 3.63) is 48.6 Å². The molecule has 2 aliphatic heterocycles. The third-order valence-corrected chi connectivity index (χ3v) is 4.76. The van der Waals surface area contributed by atoms with Gasteiger partial charge in [0.2, 0.25) is 0 Å². The fourth-order valence-corrected chi connectivity index (χ4v) is 3.91. The van der Waals surface area contributed by atoms with Crippen LogP contribution in [0, 0.1) is 5.92 Å². The van der Waals surface area contributed by atoms with Crippen LogP contribution < -0.4 is 0 Å². The Hall–Kier alpha value is -1.08. The third kappa shape index (κ3) is 2.24. The molecule has 0 N–H and O–H groups in total. The molecule has 1 nitrogen and oxygen atoms in total. The van der Waals surface area contributed by atoms with Gasteiger partial charge in [0.15, 0.2) is 0 Å². The molecule has 0 aromatic heterocycles. The lowest BCUT2D eigenvalue weighted by Crippen LogP contribution is -2.29. The molecule has 1 aromatic carbocycles. The van der Waals surface area contributed by atoms with Gasteiger partial charge in [0.1, 0.15) is 0 Å². The molecule has 2 heterocycles. The zero-order chi connectivity index (χ0) is 12.4. The van der Waals surface area contributed by atoms with Gasteiger partial charge in [-0.15, -0.1) is 6.58 Å². The summed E-state index contributed by atoms with van der Waals surface area (Å²) in [6.07, 6.45) is 8.86. The average molecular weight is 241 g/mol. The van der Waals surface area contributed by atoms with Gasteiger partial charge >= 0.3 is 0 Å². The van der Waals surface area contributed by atoms with Crippen molar-refractivity contribution in [2.75, 3.05) is 0 Å². The molecular formula is C17H23N. The van der Waals surface area contributed by atoms with Crippen molar-refractivity contribution < 1.29 is 0 Å². The molecular weight excluding hydrogens is 218 g/mol. The molecule has 3 rings (SSSR count). The largest absolute Gasteiger partial charge is 0.293 e. The third-order valence-electron chi connectivity index (χ3n) is 4.76. The van der Waals surface area contributed by atoms with Gasteiger partial charge in [0.25, 0.3) is 0 Å². The van der Waals surface area contributed by atoms with Crippen LogP contribution in [-0.4, -0.2) is 17.0 Å². The van der Waals surface area contributed by atoms with Crippen molar-refractivity contribution in [1.29, 1.82) is 0 Å². The maximum absolute atomic E-state index is 3.86. The predicted molar refractivity (Wildman–Crippen MR) is 76.3 cm³/mol. The van der Waals surface area contributed by atoms with Gasteiger partial charge in [-0.25, -0.2) is 0 Å². The summed E-state index contributed by atoms with van der Waals surface area (Å²) in [7, 11) is 0. The molecule has 96 valence electrons. The van der Waals surface area contributed by atoms with Crippen molar-refractivity contribution in [2.45, 2.75) is 50.7 Å². The van der Waals surface area contributed by atoms with E-state index in [2.05, 4.69) is 47.9 Å². The van der Waals surface area contributed by atoms with Gasteiger partial charge in [-0.05, 0) is 43.6 Å². The molecule has 2 aliphatic rings. The fraction of sp³-hybridized carbons (Fsp3) is 0.529. The minimum atomic E-state index is 0.843. The van der Waals surface area contributed by atoms with Crippen LogP contribution in [0.2, 0.25) is 0 Å². The minimum Gasteiger partial charge on any atom is -0.293 e. The highest BCUT2D eigenvalue weighted by atomic mass is 15.2.